The third-order valence-electron chi connectivity index (χ3n) is 5.84. The van der Waals surface area contributed by atoms with Crippen molar-refractivity contribution in [3.63, 3.8) is 0 Å². The Labute approximate surface area is 207 Å². The molecule has 1 fully saturated rings. The van der Waals surface area contributed by atoms with E-state index < -0.39 is 10.0 Å². The van der Waals surface area contributed by atoms with E-state index in [1.807, 2.05) is 43.3 Å². The summed E-state index contributed by atoms with van der Waals surface area (Å²) in [4.78, 5) is 24.5. The van der Waals surface area contributed by atoms with Crippen molar-refractivity contribution in [3.8, 4) is 0 Å². The van der Waals surface area contributed by atoms with Crippen molar-refractivity contribution < 1.29 is 17.9 Å². The fourth-order valence-electron chi connectivity index (χ4n) is 3.93. The highest BCUT2D eigenvalue weighted by Crippen LogP contribution is 2.32. The highest BCUT2D eigenvalue weighted by Gasteiger charge is 2.27. The van der Waals surface area contributed by atoms with Gasteiger partial charge in [-0.25, -0.2) is 13.4 Å². The van der Waals surface area contributed by atoms with Crippen LogP contribution in [0, 0.1) is 6.92 Å². The number of para-hydroxylation sites is 1. The highest BCUT2D eigenvalue weighted by atomic mass is 32.2. The number of aromatic nitrogens is 2. The molecule has 4 aromatic rings. The molecule has 1 aliphatic rings. The zero-order valence-corrected chi connectivity index (χ0v) is 20.8. The number of ether oxygens (including phenoxy) is 1. The first kappa shape index (κ1) is 23.6. The summed E-state index contributed by atoms with van der Waals surface area (Å²) in [7, 11) is -3.64. The number of pyridine rings is 1. The van der Waals surface area contributed by atoms with Crippen molar-refractivity contribution in [3.05, 3.63) is 83.7 Å². The molecule has 0 N–H and O–H groups in total. The van der Waals surface area contributed by atoms with Crippen molar-refractivity contribution >= 4 is 42.6 Å². The highest BCUT2D eigenvalue weighted by molar-refractivity contribution is 7.89. The van der Waals surface area contributed by atoms with Crippen LogP contribution in [-0.2, 0) is 21.3 Å². The molecule has 0 aliphatic carbocycles. The number of sulfonamides is 1. The Balaban J connectivity index is 1.47. The fourth-order valence-corrected chi connectivity index (χ4v) is 6.38. The van der Waals surface area contributed by atoms with Crippen LogP contribution in [0.3, 0.4) is 0 Å². The maximum atomic E-state index is 13.7. The lowest BCUT2D eigenvalue weighted by atomic mass is 10.2. The third kappa shape index (κ3) is 4.83. The molecule has 0 saturated carbocycles. The summed E-state index contributed by atoms with van der Waals surface area (Å²) in [6.07, 6.45) is 1.69. The summed E-state index contributed by atoms with van der Waals surface area (Å²) in [5, 5.41) is 0.565. The van der Waals surface area contributed by atoms with Crippen LogP contribution in [0.4, 0.5) is 5.13 Å². The van der Waals surface area contributed by atoms with Crippen LogP contribution in [0.15, 0.2) is 71.8 Å². The van der Waals surface area contributed by atoms with E-state index in [1.54, 1.807) is 23.2 Å². The number of morpholine rings is 1. The van der Waals surface area contributed by atoms with Gasteiger partial charge in [-0.2, -0.15) is 4.31 Å². The Morgan fingerprint density at radius 2 is 1.83 bits per heavy atom. The molecule has 2 aromatic heterocycles. The molecular formula is C25H24N4O4S2. The lowest BCUT2D eigenvalue weighted by Gasteiger charge is -2.26. The van der Waals surface area contributed by atoms with Gasteiger partial charge in [-0.1, -0.05) is 29.5 Å². The van der Waals surface area contributed by atoms with Gasteiger partial charge in [0.05, 0.1) is 40.6 Å². The van der Waals surface area contributed by atoms with E-state index in [1.165, 1.54) is 27.8 Å². The molecule has 10 heteroatoms. The Hall–Kier alpha value is -3.18. The second-order valence-corrected chi connectivity index (χ2v) is 11.1. The maximum Gasteiger partial charge on any atom is 0.260 e. The molecule has 8 nitrogen and oxygen atoms in total. The Kier molecular flexibility index (Phi) is 6.61. The van der Waals surface area contributed by atoms with Gasteiger partial charge >= 0.3 is 0 Å². The summed E-state index contributed by atoms with van der Waals surface area (Å²) >= 11 is 1.44. The van der Waals surface area contributed by atoms with E-state index in [9.17, 15) is 13.2 Å². The number of aryl methyl sites for hydroxylation is 1. The van der Waals surface area contributed by atoms with Gasteiger partial charge in [-0.3, -0.25) is 14.7 Å². The average molecular weight is 509 g/mol. The lowest BCUT2D eigenvalue weighted by molar-refractivity contribution is 0.0730. The molecule has 1 aliphatic heterocycles. The number of benzene rings is 2. The number of rotatable bonds is 6. The van der Waals surface area contributed by atoms with E-state index in [4.69, 9.17) is 9.72 Å². The topological polar surface area (TPSA) is 92.7 Å². The number of thiazole rings is 1. The van der Waals surface area contributed by atoms with E-state index >= 15 is 0 Å². The van der Waals surface area contributed by atoms with Crippen LogP contribution in [0.2, 0.25) is 0 Å². The van der Waals surface area contributed by atoms with Crippen molar-refractivity contribution in [1.82, 2.24) is 14.3 Å². The molecule has 0 bridgehead atoms. The standard InChI is InChI=1S/C25H24N4O4S2/c1-18-5-4-7-22-23(18)27-25(34-22)29(17-20-6-2-3-12-26-20)24(30)19-8-10-21(11-9-19)35(31,32)28-13-15-33-16-14-28/h2-12H,13-17H2,1H3. The molecule has 180 valence electrons. The normalized spacial score (nSPS) is 14.8. The van der Waals surface area contributed by atoms with E-state index in [2.05, 4.69) is 4.98 Å². The number of hydrogen-bond acceptors (Lipinski definition) is 7. The van der Waals surface area contributed by atoms with Crippen LogP contribution >= 0.6 is 11.3 Å². The zero-order valence-electron chi connectivity index (χ0n) is 19.1. The first-order valence-corrected chi connectivity index (χ1v) is 13.4. The molecule has 0 spiro atoms. The van der Waals surface area contributed by atoms with Crippen molar-refractivity contribution in [2.45, 2.75) is 18.4 Å². The summed E-state index contributed by atoms with van der Waals surface area (Å²) in [5.74, 6) is -0.275. The number of fused-ring (bicyclic) bond motifs is 1. The van der Waals surface area contributed by atoms with E-state index in [0.717, 1.165) is 21.5 Å². The fraction of sp³-hybridized carbons (Fsp3) is 0.240. The monoisotopic (exact) mass is 508 g/mol. The smallest absolute Gasteiger partial charge is 0.260 e. The van der Waals surface area contributed by atoms with Gasteiger partial charge in [0.2, 0.25) is 10.0 Å². The predicted molar refractivity (Wildman–Crippen MR) is 135 cm³/mol. The minimum absolute atomic E-state index is 0.155. The minimum atomic E-state index is -3.64. The zero-order chi connectivity index (χ0) is 24.4. The lowest BCUT2D eigenvalue weighted by Crippen LogP contribution is -2.40. The molecule has 0 radical (unpaired) electrons. The maximum absolute atomic E-state index is 13.7. The minimum Gasteiger partial charge on any atom is -0.379 e. The number of hydrogen-bond donors (Lipinski definition) is 0. The first-order valence-electron chi connectivity index (χ1n) is 11.2. The number of nitrogens with zero attached hydrogens (tertiary/aromatic N) is 4. The summed E-state index contributed by atoms with van der Waals surface area (Å²) in [5.41, 5.74) is 2.99. The van der Waals surface area contributed by atoms with Gasteiger partial charge < -0.3 is 4.74 Å². The van der Waals surface area contributed by atoms with Crippen LogP contribution in [0.5, 0.6) is 0 Å². The molecular weight excluding hydrogens is 484 g/mol. The van der Waals surface area contributed by atoms with Gasteiger partial charge in [0.25, 0.3) is 5.91 Å². The number of carbonyl (C=O) groups excluding carboxylic acids is 1. The van der Waals surface area contributed by atoms with Crippen LogP contribution < -0.4 is 4.90 Å². The quantitative estimate of drug-likeness (QED) is 0.393. The Morgan fingerprint density at radius 3 is 2.51 bits per heavy atom. The molecule has 35 heavy (non-hydrogen) atoms. The van der Waals surface area contributed by atoms with Gasteiger partial charge in [-0.15, -0.1) is 0 Å². The number of anilines is 1. The molecule has 1 saturated heterocycles. The SMILES string of the molecule is Cc1cccc2sc(N(Cc3ccccn3)C(=O)c3ccc(S(=O)(=O)N4CCOCC4)cc3)nc12. The van der Waals surface area contributed by atoms with Crippen LogP contribution in [0.1, 0.15) is 21.6 Å². The molecule has 1 amide bonds. The number of amides is 1. The average Bonchev–Trinajstić information content (AvgIpc) is 3.34. The van der Waals surface area contributed by atoms with Gasteiger partial charge in [0, 0.05) is 24.8 Å². The molecule has 5 rings (SSSR count). The summed E-state index contributed by atoms with van der Waals surface area (Å²) in [6.45, 7) is 3.62. The van der Waals surface area contributed by atoms with Crippen LogP contribution in [0.25, 0.3) is 10.2 Å². The van der Waals surface area contributed by atoms with E-state index in [-0.39, 0.29) is 17.3 Å². The van der Waals surface area contributed by atoms with Crippen molar-refractivity contribution in [2.24, 2.45) is 0 Å². The largest absolute Gasteiger partial charge is 0.379 e. The second-order valence-electron chi connectivity index (χ2n) is 8.17. The van der Waals surface area contributed by atoms with Crippen LogP contribution in [-0.4, -0.2) is 54.9 Å². The predicted octanol–water partition coefficient (Wildman–Crippen LogP) is 3.87. The molecule has 3 heterocycles. The number of carbonyl (C=O) groups is 1. The molecule has 2 aromatic carbocycles. The second kappa shape index (κ2) is 9.82. The Bertz CT molecular complexity index is 1450. The summed E-state index contributed by atoms with van der Waals surface area (Å²) in [6, 6.07) is 17.6. The van der Waals surface area contributed by atoms with E-state index in [0.29, 0.717) is 37.0 Å². The molecule has 0 unspecified atom stereocenters. The Morgan fingerprint density at radius 1 is 1.06 bits per heavy atom. The molecule has 0 atom stereocenters. The van der Waals surface area contributed by atoms with Gasteiger partial charge in [-0.05, 0) is 55.0 Å². The first-order chi connectivity index (χ1) is 16.9. The van der Waals surface area contributed by atoms with Crippen molar-refractivity contribution in [2.75, 3.05) is 31.2 Å². The van der Waals surface area contributed by atoms with Gasteiger partial charge in [0.15, 0.2) is 5.13 Å². The summed E-state index contributed by atoms with van der Waals surface area (Å²) < 4.78 is 33.6. The van der Waals surface area contributed by atoms with Crippen molar-refractivity contribution in [1.29, 1.82) is 0 Å². The van der Waals surface area contributed by atoms with Gasteiger partial charge in [0.1, 0.15) is 0 Å². The third-order valence-corrected chi connectivity index (χ3v) is 8.80.